The van der Waals surface area contributed by atoms with Gasteiger partial charge in [-0.15, -0.1) is 0 Å². The SMILES string of the molecule is COc1cccc(C(=O)OC2C3CC(C4CCCCC43)C2OC(=O)c2cccc(C)c2)c1. The Morgan fingerprint density at radius 2 is 1.34 bits per heavy atom. The summed E-state index contributed by atoms with van der Waals surface area (Å²) >= 11 is 0. The van der Waals surface area contributed by atoms with Crippen LogP contribution in [0.2, 0.25) is 0 Å². The van der Waals surface area contributed by atoms with Gasteiger partial charge in [0.05, 0.1) is 18.2 Å². The molecule has 0 amide bonds. The molecule has 5 heteroatoms. The molecule has 3 aliphatic carbocycles. The molecular weight excluding hydrogens is 404 g/mol. The van der Waals surface area contributed by atoms with E-state index in [0.29, 0.717) is 28.7 Å². The highest BCUT2D eigenvalue weighted by atomic mass is 16.6. The topological polar surface area (TPSA) is 61.8 Å². The summed E-state index contributed by atoms with van der Waals surface area (Å²) in [5.74, 6) is 1.55. The van der Waals surface area contributed by atoms with Crippen molar-refractivity contribution < 1.29 is 23.8 Å². The maximum Gasteiger partial charge on any atom is 0.338 e. The number of ether oxygens (including phenoxy) is 3. The molecule has 6 atom stereocenters. The van der Waals surface area contributed by atoms with E-state index in [4.69, 9.17) is 14.2 Å². The van der Waals surface area contributed by atoms with E-state index in [1.54, 1.807) is 37.4 Å². The normalized spacial score (nSPS) is 30.4. The van der Waals surface area contributed by atoms with Gasteiger partial charge < -0.3 is 14.2 Å². The molecule has 168 valence electrons. The van der Waals surface area contributed by atoms with Crippen molar-refractivity contribution in [2.75, 3.05) is 7.11 Å². The molecule has 0 aliphatic heterocycles. The van der Waals surface area contributed by atoms with Gasteiger partial charge in [0.15, 0.2) is 0 Å². The number of hydrogen-bond donors (Lipinski definition) is 0. The van der Waals surface area contributed by atoms with E-state index in [1.165, 1.54) is 25.7 Å². The van der Waals surface area contributed by atoms with E-state index in [-0.39, 0.29) is 29.9 Å². The van der Waals surface area contributed by atoms with E-state index in [1.807, 2.05) is 25.1 Å². The molecule has 0 saturated heterocycles. The van der Waals surface area contributed by atoms with Crippen molar-refractivity contribution in [1.29, 1.82) is 0 Å². The van der Waals surface area contributed by atoms with Gasteiger partial charge in [-0.2, -0.15) is 0 Å². The number of carbonyl (C=O) groups is 2. The third-order valence-corrected chi connectivity index (χ3v) is 7.73. The van der Waals surface area contributed by atoms with E-state index >= 15 is 0 Å². The largest absolute Gasteiger partial charge is 0.497 e. The summed E-state index contributed by atoms with van der Waals surface area (Å²) in [5.41, 5.74) is 2.02. The summed E-state index contributed by atoms with van der Waals surface area (Å²) in [6.45, 7) is 1.96. The number of esters is 2. The van der Waals surface area contributed by atoms with E-state index in [2.05, 4.69) is 0 Å². The fourth-order valence-corrected chi connectivity index (χ4v) is 6.37. The maximum absolute atomic E-state index is 13.0. The van der Waals surface area contributed by atoms with E-state index < -0.39 is 6.10 Å². The van der Waals surface area contributed by atoms with E-state index in [0.717, 1.165) is 12.0 Å². The fourth-order valence-electron chi connectivity index (χ4n) is 6.37. The summed E-state index contributed by atoms with van der Waals surface area (Å²) in [5, 5.41) is 0. The van der Waals surface area contributed by atoms with Crippen LogP contribution < -0.4 is 4.74 Å². The Kier molecular flexibility index (Phi) is 5.66. The number of hydrogen-bond acceptors (Lipinski definition) is 5. The Hall–Kier alpha value is -2.82. The summed E-state index contributed by atoms with van der Waals surface area (Å²) in [7, 11) is 1.57. The van der Waals surface area contributed by atoms with Crippen LogP contribution in [0.1, 0.15) is 58.4 Å². The first kappa shape index (κ1) is 21.0. The number of aryl methyl sites for hydroxylation is 1. The molecule has 0 spiro atoms. The molecule has 2 bridgehead atoms. The van der Waals surface area contributed by atoms with Crippen LogP contribution in [0, 0.1) is 30.6 Å². The van der Waals surface area contributed by atoms with Gasteiger partial charge in [0.25, 0.3) is 0 Å². The van der Waals surface area contributed by atoms with Gasteiger partial charge in [0.2, 0.25) is 0 Å². The average molecular weight is 435 g/mol. The third kappa shape index (κ3) is 3.78. The van der Waals surface area contributed by atoms with Gasteiger partial charge in [-0.25, -0.2) is 9.59 Å². The summed E-state index contributed by atoms with van der Waals surface area (Å²) in [4.78, 5) is 26.0. The molecule has 3 aliphatic rings. The molecule has 2 aromatic carbocycles. The predicted octanol–water partition coefficient (Wildman–Crippen LogP) is 5.21. The van der Waals surface area contributed by atoms with Gasteiger partial charge in [-0.1, -0.05) is 36.6 Å². The van der Waals surface area contributed by atoms with Crippen molar-refractivity contribution >= 4 is 11.9 Å². The Balaban J connectivity index is 1.39. The molecule has 0 radical (unpaired) electrons. The Morgan fingerprint density at radius 1 is 0.781 bits per heavy atom. The number of rotatable bonds is 5. The van der Waals surface area contributed by atoms with Crippen LogP contribution in [0.5, 0.6) is 5.75 Å². The molecule has 6 unspecified atom stereocenters. The summed E-state index contributed by atoms with van der Waals surface area (Å²) in [6, 6.07) is 14.4. The van der Waals surface area contributed by atoms with Gasteiger partial charge in [0.1, 0.15) is 18.0 Å². The minimum atomic E-state index is -0.396. The summed E-state index contributed by atoms with van der Waals surface area (Å²) in [6.07, 6.45) is 5.01. The molecule has 0 heterocycles. The molecule has 3 fully saturated rings. The minimum Gasteiger partial charge on any atom is -0.497 e. The second kappa shape index (κ2) is 8.61. The van der Waals surface area contributed by atoms with Gasteiger partial charge in [-0.05, 0) is 68.4 Å². The second-order valence-electron chi connectivity index (χ2n) is 9.52. The van der Waals surface area contributed by atoms with Gasteiger partial charge >= 0.3 is 11.9 Å². The van der Waals surface area contributed by atoms with Crippen LogP contribution in [0.3, 0.4) is 0 Å². The average Bonchev–Trinajstić information content (AvgIpc) is 3.36. The molecular formula is C27H30O5. The van der Waals surface area contributed by atoms with Crippen LogP contribution >= 0.6 is 0 Å². The van der Waals surface area contributed by atoms with Crippen LogP contribution in [-0.4, -0.2) is 31.3 Å². The van der Waals surface area contributed by atoms with Crippen molar-refractivity contribution in [3.05, 3.63) is 65.2 Å². The first-order chi connectivity index (χ1) is 15.5. The zero-order valence-electron chi connectivity index (χ0n) is 18.7. The van der Waals surface area contributed by atoms with Crippen LogP contribution in [0.25, 0.3) is 0 Å². The number of methoxy groups -OCH3 is 1. The van der Waals surface area contributed by atoms with Gasteiger partial charge in [-0.3, -0.25) is 0 Å². The standard InChI is InChI=1S/C27H30O5/c1-16-7-5-8-17(13-16)26(28)31-24-22-15-23(21-12-4-3-11-20(21)22)25(24)32-27(29)18-9-6-10-19(14-18)30-2/h5-10,13-14,20-25H,3-4,11-12,15H2,1-2H3. The lowest BCUT2D eigenvalue weighted by atomic mass is 9.69. The highest BCUT2D eigenvalue weighted by molar-refractivity contribution is 5.91. The highest BCUT2D eigenvalue weighted by Gasteiger charge is 2.61. The third-order valence-electron chi connectivity index (χ3n) is 7.73. The van der Waals surface area contributed by atoms with Crippen LogP contribution in [0.4, 0.5) is 0 Å². The Morgan fingerprint density at radius 3 is 1.91 bits per heavy atom. The predicted molar refractivity (Wildman–Crippen MR) is 120 cm³/mol. The summed E-state index contributed by atoms with van der Waals surface area (Å²) < 4.78 is 17.4. The molecule has 3 saturated carbocycles. The lowest BCUT2D eigenvalue weighted by molar-refractivity contribution is -0.0872. The van der Waals surface area contributed by atoms with Crippen molar-refractivity contribution in [2.45, 2.75) is 51.2 Å². The van der Waals surface area contributed by atoms with Crippen molar-refractivity contribution in [2.24, 2.45) is 23.7 Å². The number of carbonyl (C=O) groups excluding carboxylic acids is 2. The Labute approximate surface area is 189 Å². The second-order valence-corrected chi connectivity index (χ2v) is 9.52. The fraction of sp³-hybridized carbons (Fsp3) is 0.481. The zero-order valence-corrected chi connectivity index (χ0v) is 18.7. The molecule has 0 N–H and O–H groups in total. The molecule has 32 heavy (non-hydrogen) atoms. The monoisotopic (exact) mass is 434 g/mol. The highest BCUT2D eigenvalue weighted by Crippen LogP contribution is 2.59. The Bertz CT molecular complexity index is 1010. The molecule has 5 nitrogen and oxygen atoms in total. The van der Waals surface area contributed by atoms with Crippen molar-refractivity contribution in [3.8, 4) is 5.75 Å². The number of fused-ring (bicyclic) bond motifs is 5. The van der Waals surface area contributed by atoms with Crippen molar-refractivity contribution in [1.82, 2.24) is 0 Å². The molecule has 0 aromatic heterocycles. The lowest BCUT2D eigenvalue weighted by Crippen LogP contribution is -2.47. The quantitative estimate of drug-likeness (QED) is 0.605. The van der Waals surface area contributed by atoms with Crippen molar-refractivity contribution in [3.63, 3.8) is 0 Å². The van der Waals surface area contributed by atoms with Crippen LogP contribution in [0.15, 0.2) is 48.5 Å². The lowest BCUT2D eigenvalue weighted by Gasteiger charge is -2.42. The molecule has 2 aromatic rings. The molecule has 5 rings (SSSR count). The van der Waals surface area contributed by atoms with Gasteiger partial charge in [0, 0.05) is 11.8 Å². The van der Waals surface area contributed by atoms with E-state index in [9.17, 15) is 9.59 Å². The van der Waals surface area contributed by atoms with Crippen LogP contribution in [-0.2, 0) is 9.47 Å². The first-order valence-electron chi connectivity index (χ1n) is 11.7. The smallest absolute Gasteiger partial charge is 0.338 e. The number of benzene rings is 2. The minimum absolute atomic E-state index is 0.259. The zero-order chi connectivity index (χ0) is 22.2. The first-order valence-corrected chi connectivity index (χ1v) is 11.7. The maximum atomic E-state index is 13.0.